The van der Waals surface area contributed by atoms with Gasteiger partial charge in [-0.25, -0.2) is 0 Å². The molecule has 7 aliphatic heterocycles. The SMILES string of the molecule is CO[C@H]1CC[C@H](O[C@H]2C[C@H]([C@H]3O[C@](C)(O)[C@H](C)C[C@@H]3C)O[C@H]2[C@]2(C)CC[C@H]([C@]3(C)CC[C@]4(CC(O)[C@@H](C)[C@@H]([C@@H](C)C5O[C@](O)(CC(=O)[O-])C(C)[C@H](O)[C@H]5OC)O4)O3)O2)O[C@@H]1C.[Na+]. The predicted octanol–water partition coefficient (Wildman–Crippen LogP) is -0.293. The third-order valence-electron chi connectivity index (χ3n) is 16.2. The van der Waals surface area contributed by atoms with E-state index in [1.54, 1.807) is 14.0 Å². The smallest absolute Gasteiger partial charge is 0.550 e. The Bertz CT molecular complexity index is 1540. The van der Waals surface area contributed by atoms with E-state index in [0.29, 0.717) is 38.5 Å². The van der Waals surface area contributed by atoms with Crippen molar-refractivity contribution in [3.8, 4) is 0 Å². The van der Waals surface area contributed by atoms with Crippen molar-refractivity contribution in [3.05, 3.63) is 0 Å². The monoisotopic (exact) mass is 894 g/mol. The van der Waals surface area contributed by atoms with Gasteiger partial charge in [0.2, 0.25) is 0 Å². The van der Waals surface area contributed by atoms with E-state index in [0.717, 1.165) is 12.8 Å². The summed E-state index contributed by atoms with van der Waals surface area (Å²) in [4.78, 5) is 11.7. The maximum atomic E-state index is 11.7. The maximum Gasteiger partial charge on any atom is 1.00 e. The molecule has 0 saturated carbocycles. The first-order valence-corrected chi connectivity index (χ1v) is 22.9. The fourth-order valence-corrected chi connectivity index (χ4v) is 12.0. The van der Waals surface area contributed by atoms with E-state index >= 15 is 0 Å². The van der Waals surface area contributed by atoms with Gasteiger partial charge < -0.3 is 77.7 Å². The molecule has 352 valence electrons. The van der Waals surface area contributed by atoms with Gasteiger partial charge in [0, 0.05) is 76.0 Å². The van der Waals surface area contributed by atoms with Crippen molar-refractivity contribution < 1.29 is 107 Å². The third-order valence-corrected chi connectivity index (χ3v) is 16.2. The van der Waals surface area contributed by atoms with E-state index in [4.69, 9.17) is 47.4 Å². The summed E-state index contributed by atoms with van der Waals surface area (Å²) >= 11 is 0. The van der Waals surface area contributed by atoms with Crippen LogP contribution in [0.5, 0.6) is 0 Å². The number of carbonyl (C=O) groups excluding carboxylic acids is 1. The van der Waals surface area contributed by atoms with Gasteiger partial charge in [0.05, 0.1) is 72.2 Å². The Morgan fingerprint density at radius 1 is 0.839 bits per heavy atom. The number of hydrogen-bond donors (Lipinski definition) is 4. The Morgan fingerprint density at radius 2 is 1.55 bits per heavy atom. The number of carboxylic acid groups (broad SMARTS) is 1. The normalized spacial score (nSPS) is 54.0. The number of carboxylic acids is 1. The molecule has 7 heterocycles. The van der Waals surface area contributed by atoms with Crippen molar-refractivity contribution in [1.82, 2.24) is 0 Å². The summed E-state index contributed by atoms with van der Waals surface area (Å²) in [5.74, 6) is -8.06. The van der Waals surface area contributed by atoms with Crippen molar-refractivity contribution in [2.45, 2.75) is 235 Å². The topological polar surface area (TPSA) is 213 Å². The summed E-state index contributed by atoms with van der Waals surface area (Å²) in [5.41, 5.74) is -1.58. The number of hydrogen-bond acceptors (Lipinski definition) is 16. The molecule has 7 saturated heterocycles. The van der Waals surface area contributed by atoms with Gasteiger partial charge >= 0.3 is 29.6 Å². The maximum absolute atomic E-state index is 11.7. The molecule has 0 aromatic heterocycles. The Labute approximate surface area is 389 Å². The molecule has 0 bridgehead atoms. The molecule has 4 N–H and O–H groups in total. The van der Waals surface area contributed by atoms with E-state index in [-0.39, 0.29) is 84.4 Å². The number of carbonyl (C=O) groups is 1. The minimum absolute atomic E-state index is 0. The molecule has 1 spiro atoms. The molecule has 0 aromatic carbocycles. The molecule has 0 aromatic rings. The predicted molar refractivity (Wildman–Crippen MR) is 214 cm³/mol. The fourth-order valence-electron chi connectivity index (χ4n) is 12.0. The van der Waals surface area contributed by atoms with Crippen molar-refractivity contribution >= 4 is 5.97 Å². The summed E-state index contributed by atoms with van der Waals surface area (Å²) in [6, 6.07) is 0. The van der Waals surface area contributed by atoms with Crippen LogP contribution in [0.25, 0.3) is 0 Å². The second kappa shape index (κ2) is 19.1. The van der Waals surface area contributed by atoms with Gasteiger partial charge in [0.25, 0.3) is 0 Å². The van der Waals surface area contributed by atoms with Gasteiger partial charge in [-0.2, -0.15) is 0 Å². The van der Waals surface area contributed by atoms with Crippen LogP contribution >= 0.6 is 0 Å². The van der Waals surface area contributed by atoms with Crippen molar-refractivity contribution in [2.75, 3.05) is 14.2 Å². The first-order chi connectivity index (χ1) is 28.5. The zero-order valence-corrected chi connectivity index (χ0v) is 41.2. The molecule has 16 nitrogen and oxygen atoms in total. The Balaban J connectivity index is 0.00000641. The van der Waals surface area contributed by atoms with Crippen molar-refractivity contribution in [1.29, 1.82) is 0 Å². The average molecular weight is 895 g/mol. The minimum Gasteiger partial charge on any atom is -0.550 e. The van der Waals surface area contributed by atoms with Gasteiger partial charge in [0.15, 0.2) is 23.7 Å². The van der Waals surface area contributed by atoms with Crippen LogP contribution in [0, 0.1) is 29.6 Å². The summed E-state index contributed by atoms with van der Waals surface area (Å²) in [7, 11) is 3.13. The van der Waals surface area contributed by atoms with Crippen LogP contribution in [0.1, 0.15) is 127 Å². The van der Waals surface area contributed by atoms with Crippen LogP contribution in [0.15, 0.2) is 0 Å². The van der Waals surface area contributed by atoms with Gasteiger partial charge in [-0.05, 0) is 65.7 Å². The van der Waals surface area contributed by atoms with Crippen LogP contribution < -0.4 is 34.7 Å². The van der Waals surface area contributed by atoms with Gasteiger partial charge in [-0.3, -0.25) is 0 Å². The minimum atomic E-state index is -2.21. The molecule has 0 amide bonds. The number of methoxy groups -OCH3 is 2. The number of ether oxygens (including phenoxy) is 10. The van der Waals surface area contributed by atoms with Crippen LogP contribution in [-0.2, 0) is 52.2 Å². The molecule has 0 aliphatic carbocycles. The first-order valence-electron chi connectivity index (χ1n) is 22.9. The summed E-state index contributed by atoms with van der Waals surface area (Å²) in [5, 5.41) is 57.1. The molecule has 7 fully saturated rings. The number of aliphatic hydroxyl groups is 4. The molecule has 17 heteroatoms. The van der Waals surface area contributed by atoms with Crippen LogP contribution in [-0.4, -0.2) is 149 Å². The quantitative estimate of drug-likeness (QED) is 0.196. The molecular weight excluding hydrogens is 819 g/mol. The van der Waals surface area contributed by atoms with Crippen LogP contribution in [0.2, 0.25) is 0 Å². The molecule has 23 atom stereocenters. The second-order valence-electron chi connectivity index (χ2n) is 20.7. The van der Waals surface area contributed by atoms with E-state index < -0.39 is 102 Å². The largest absolute Gasteiger partial charge is 1.00 e. The molecule has 3 unspecified atom stereocenters. The zero-order valence-electron chi connectivity index (χ0n) is 39.2. The van der Waals surface area contributed by atoms with Crippen molar-refractivity contribution in [2.24, 2.45) is 29.6 Å². The molecule has 7 rings (SSSR count). The van der Waals surface area contributed by atoms with E-state index in [1.165, 1.54) is 14.0 Å². The van der Waals surface area contributed by atoms with Crippen molar-refractivity contribution in [3.63, 3.8) is 0 Å². The number of aliphatic carboxylic acids is 1. The number of aliphatic hydroxyl groups excluding tert-OH is 2. The fraction of sp³-hybridized carbons (Fsp3) is 0.978. The standard InChI is InChI=1S/C45H76O16.Na/c1-22-18-23(2)43(9,50)58-36(22)30-19-31(55-34-13-12-29(52-10)27(6)54-34)40(56-30)42(8)15-14-32(57-42)41(7)16-17-44(61-41)20-28(46)24(3)37(59-44)25(4)38-39(53-11)35(49)26(5)45(51,60-38)21-33(47)48;/h22-32,34-40,46,49-51H,12-21H2,1-11H3,(H,47,48);/q;+1/p-1/t22-,23+,24+,25+,26?,27+,28?,29-,30+,31-,32+,34-,35-,36-,37-,38?,39+,40+,41-,42-,43-,44+,45+;/m0./s1. The van der Waals surface area contributed by atoms with Crippen LogP contribution in [0.4, 0.5) is 0 Å². The summed E-state index contributed by atoms with van der Waals surface area (Å²) < 4.78 is 65.0. The zero-order chi connectivity index (χ0) is 44.6. The van der Waals surface area contributed by atoms with Gasteiger partial charge in [-0.1, -0.05) is 34.6 Å². The second-order valence-corrected chi connectivity index (χ2v) is 20.7. The van der Waals surface area contributed by atoms with Gasteiger partial charge in [-0.15, -0.1) is 0 Å². The van der Waals surface area contributed by atoms with Crippen LogP contribution in [0.3, 0.4) is 0 Å². The van der Waals surface area contributed by atoms with E-state index in [1.807, 2.05) is 34.6 Å². The summed E-state index contributed by atoms with van der Waals surface area (Å²) in [6.07, 6.45) is -2.54. The average Bonchev–Trinajstić information content (AvgIpc) is 3.89. The summed E-state index contributed by atoms with van der Waals surface area (Å²) in [6.45, 7) is 17.2. The van der Waals surface area contributed by atoms with E-state index in [2.05, 4.69) is 13.8 Å². The van der Waals surface area contributed by atoms with Gasteiger partial charge in [0.1, 0.15) is 12.2 Å². The first kappa shape index (κ1) is 51.3. The Hall–Kier alpha value is -0.0900. The third kappa shape index (κ3) is 9.77. The molecule has 62 heavy (non-hydrogen) atoms. The number of rotatable bonds is 11. The molecule has 7 aliphatic rings. The Kier molecular flexibility index (Phi) is 15.8. The van der Waals surface area contributed by atoms with E-state index in [9.17, 15) is 30.3 Å². The Morgan fingerprint density at radius 3 is 2.19 bits per heavy atom. The molecule has 0 radical (unpaired) electrons. The molecular formula is C45H75NaO16.